The van der Waals surface area contributed by atoms with Crippen LogP contribution in [-0.2, 0) is 7.05 Å². The number of carboxylic acid groups (broad SMARTS) is 1. The molecule has 1 spiro atoms. The maximum absolute atomic E-state index is 15.0. The third-order valence-corrected chi connectivity index (χ3v) is 8.91. The Kier molecular flexibility index (Phi) is 5.20. The van der Waals surface area contributed by atoms with E-state index < -0.39 is 17.2 Å². The monoisotopic (exact) mass is 561 g/mol. The lowest BCUT2D eigenvalue weighted by Gasteiger charge is -2.24. The number of nitrogens with zero attached hydrogens (tertiary/aromatic N) is 4. The zero-order valence-corrected chi connectivity index (χ0v) is 22.4. The summed E-state index contributed by atoms with van der Waals surface area (Å²) in [5.74, 6) is -1.87. The molecule has 1 aliphatic carbocycles. The number of aromatic nitrogens is 4. The van der Waals surface area contributed by atoms with Crippen molar-refractivity contribution in [2.45, 2.75) is 18.9 Å². The highest BCUT2D eigenvalue weighted by Gasteiger charge is 2.56. The van der Waals surface area contributed by atoms with E-state index in [-0.39, 0.29) is 27.4 Å². The number of rotatable bonds is 4. The number of nitrogens with two attached hydrogens (primary N) is 1. The van der Waals surface area contributed by atoms with Crippen molar-refractivity contribution in [3.63, 3.8) is 0 Å². The van der Waals surface area contributed by atoms with Gasteiger partial charge in [-0.25, -0.2) is 19.2 Å². The molecule has 1 saturated carbocycles. The molecule has 1 saturated heterocycles. The number of aromatic amines is 1. The summed E-state index contributed by atoms with van der Waals surface area (Å²) in [5, 5.41) is 13.9. The van der Waals surface area contributed by atoms with Gasteiger partial charge >= 0.3 is 5.97 Å². The van der Waals surface area contributed by atoms with Crippen LogP contribution in [0.3, 0.4) is 0 Å². The lowest BCUT2D eigenvalue weighted by atomic mass is 10.0. The maximum atomic E-state index is 15.0. The second kappa shape index (κ2) is 8.39. The van der Waals surface area contributed by atoms with E-state index in [1.54, 1.807) is 32.6 Å². The minimum Gasteiger partial charge on any atom is -0.477 e. The number of halogens is 2. The minimum absolute atomic E-state index is 0.0194. The van der Waals surface area contributed by atoms with Crippen molar-refractivity contribution in [1.29, 1.82) is 0 Å². The third kappa shape index (κ3) is 3.37. The molecule has 2 atom stereocenters. The lowest BCUT2D eigenvalue weighted by molar-refractivity contribution is 0.0695. The first-order chi connectivity index (χ1) is 19.1. The van der Waals surface area contributed by atoms with Crippen LogP contribution in [0.2, 0.25) is 5.02 Å². The van der Waals surface area contributed by atoms with Crippen molar-refractivity contribution in [1.82, 2.24) is 19.5 Å². The Labute approximate surface area is 231 Å². The molecule has 0 unspecified atom stereocenters. The zero-order chi connectivity index (χ0) is 28.1. The summed E-state index contributed by atoms with van der Waals surface area (Å²) in [6.07, 6.45) is 6.46. The number of carbonyl (C=O) groups is 1. The number of benzene rings is 1. The molecule has 5 aromatic rings. The number of anilines is 2. The largest absolute Gasteiger partial charge is 0.477 e. The van der Waals surface area contributed by atoms with Crippen LogP contribution in [0.1, 0.15) is 23.2 Å². The molecular weight excluding hydrogens is 537 g/mol. The number of hydrogen-bond acceptors (Lipinski definition) is 7. The van der Waals surface area contributed by atoms with Gasteiger partial charge < -0.3 is 30.6 Å². The highest BCUT2D eigenvalue weighted by atomic mass is 35.5. The Morgan fingerprint density at radius 2 is 2.08 bits per heavy atom. The second-order valence-electron chi connectivity index (χ2n) is 10.8. The summed E-state index contributed by atoms with van der Waals surface area (Å²) >= 11 is 6.61. The highest BCUT2D eigenvalue weighted by Crippen LogP contribution is 2.54. The van der Waals surface area contributed by atoms with Crippen LogP contribution in [0.25, 0.3) is 44.1 Å². The summed E-state index contributed by atoms with van der Waals surface area (Å²) in [7, 11) is 3.35. The molecule has 204 valence electrons. The number of aromatic carboxylic acids is 1. The van der Waals surface area contributed by atoms with E-state index in [1.807, 2.05) is 0 Å². The van der Waals surface area contributed by atoms with Crippen LogP contribution in [0.4, 0.5) is 15.8 Å². The van der Waals surface area contributed by atoms with E-state index in [0.717, 1.165) is 25.1 Å². The van der Waals surface area contributed by atoms with Crippen molar-refractivity contribution < 1.29 is 14.3 Å². The Bertz CT molecular complexity index is 1990. The number of nitrogens with one attached hydrogen (secondary N) is 2. The quantitative estimate of drug-likeness (QED) is 0.257. The van der Waals surface area contributed by atoms with Crippen molar-refractivity contribution in [2.24, 2.45) is 18.2 Å². The molecule has 2 aliphatic rings. The molecular formula is C28H25ClFN7O3. The van der Waals surface area contributed by atoms with Gasteiger partial charge in [-0.2, -0.15) is 0 Å². The molecule has 5 N–H and O–H groups in total. The van der Waals surface area contributed by atoms with E-state index >= 15 is 4.39 Å². The first-order valence-electron chi connectivity index (χ1n) is 12.9. The number of H-pyrrole nitrogens is 1. The zero-order valence-electron chi connectivity index (χ0n) is 21.7. The standard InChI is InChI=1S/C28H25ClFN7O3/c1-32-17-6-16(30)21(29)19-20-23(37-4-3-28(11-37)7-18(28)31)14(9-33-25(20)35-22(17)19)12-5-13-24(38)15(27(39)40)10-36(2)26(13)34-8-12/h5-6,8-10,18,32H,3-4,7,11,31H2,1-2H3,(H,33,35)(H,39,40)/t18-,28-/m0/s1. The number of hydrogen-bond donors (Lipinski definition) is 4. The van der Waals surface area contributed by atoms with Crippen LogP contribution >= 0.6 is 11.6 Å². The molecule has 12 heteroatoms. The van der Waals surface area contributed by atoms with Crippen LogP contribution in [0, 0.1) is 11.2 Å². The smallest absolute Gasteiger partial charge is 0.341 e. The highest BCUT2D eigenvalue weighted by molar-refractivity contribution is 6.39. The van der Waals surface area contributed by atoms with Crippen molar-refractivity contribution in [3.05, 3.63) is 57.3 Å². The summed E-state index contributed by atoms with van der Waals surface area (Å²) in [6.45, 7) is 1.44. The average Bonchev–Trinajstić information content (AvgIpc) is 3.25. The maximum Gasteiger partial charge on any atom is 0.341 e. The number of pyridine rings is 3. The fourth-order valence-corrected chi connectivity index (χ4v) is 6.52. The first kappa shape index (κ1) is 24.8. The third-order valence-electron chi connectivity index (χ3n) is 8.54. The van der Waals surface area contributed by atoms with Gasteiger partial charge in [0.25, 0.3) is 0 Å². The first-order valence-corrected chi connectivity index (χ1v) is 13.2. The van der Waals surface area contributed by atoms with Gasteiger partial charge in [0, 0.05) is 79.8 Å². The summed E-state index contributed by atoms with van der Waals surface area (Å²) in [4.78, 5) is 39.6. The van der Waals surface area contributed by atoms with Gasteiger partial charge in [0.05, 0.1) is 32.7 Å². The van der Waals surface area contributed by atoms with Gasteiger partial charge in [-0.1, -0.05) is 11.6 Å². The number of carboxylic acids is 1. The van der Waals surface area contributed by atoms with E-state index in [1.165, 1.54) is 16.8 Å². The normalized spacial score (nSPS) is 20.3. The SMILES string of the molecule is CNc1cc(F)c(Cl)c2c1[nH]c1ncc(-c3cnc4c(c3)c(=O)c(C(=O)O)cn4C)c(N3CC[C@]4(C[C@@H]4N)C3)c12. The van der Waals surface area contributed by atoms with Crippen molar-refractivity contribution in [3.8, 4) is 11.1 Å². The lowest BCUT2D eigenvalue weighted by Crippen LogP contribution is -2.23. The van der Waals surface area contributed by atoms with Gasteiger partial charge in [-0.05, 0) is 18.9 Å². The molecule has 0 amide bonds. The molecule has 0 radical (unpaired) electrons. The van der Waals surface area contributed by atoms with Gasteiger partial charge in [0.1, 0.15) is 22.7 Å². The number of aryl methyl sites for hydroxylation is 1. The summed E-state index contributed by atoms with van der Waals surface area (Å²) < 4.78 is 16.6. The van der Waals surface area contributed by atoms with Gasteiger partial charge in [0.15, 0.2) is 0 Å². The predicted molar refractivity (Wildman–Crippen MR) is 153 cm³/mol. The predicted octanol–water partition coefficient (Wildman–Crippen LogP) is 4.09. The van der Waals surface area contributed by atoms with E-state index in [0.29, 0.717) is 50.9 Å². The average molecular weight is 562 g/mol. The second-order valence-corrected chi connectivity index (χ2v) is 11.2. The van der Waals surface area contributed by atoms with Crippen LogP contribution < -0.4 is 21.4 Å². The Hall–Kier alpha value is -4.22. The molecule has 5 heterocycles. The van der Waals surface area contributed by atoms with Gasteiger partial charge in [-0.15, -0.1) is 0 Å². The van der Waals surface area contributed by atoms with Crippen molar-refractivity contribution in [2.75, 3.05) is 30.4 Å². The fourth-order valence-electron chi connectivity index (χ4n) is 6.28. The van der Waals surface area contributed by atoms with Gasteiger partial charge in [0.2, 0.25) is 5.43 Å². The Balaban J connectivity index is 1.56. The fraction of sp³-hybridized carbons (Fsp3) is 0.286. The van der Waals surface area contributed by atoms with E-state index in [2.05, 4.69) is 25.2 Å². The van der Waals surface area contributed by atoms with Crippen LogP contribution in [0.15, 0.2) is 35.5 Å². The van der Waals surface area contributed by atoms with Gasteiger partial charge in [-0.3, -0.25) is 4.79 Å². The molecule has 0 bridgehead atoms. The molecule has 40 heavy (non-hydrogen) atoms. The Morgan fingerprint density at radius 1 is 1.30 bits per heavy atom. The molecule has 1 aromatic carbocycles. The van der Waals surface area contributed by atoms with Crippen LogP contribution in [-0.4, -0.2) is 56.8 Å². The molecule has 10 nitrogen and oxygen atoms in total. The Morgan fingerprint density at radius 3 is 2.75 bits per heavy atom. The molecule has 4 aromatic heterocycles. The molecule has 1 aliphatic heterocycles. The van der Waals surface area contributed by atoms with E-state index in [4.69, 9.17) is 17.3 Å². The molecule has 7 rings (SSSR count). The summed E-state index contributed by atoms with van der Waals surface area (Å²) in [5.41, 5.74) is 9.49. The van der Waals surface area contributed by atoms with E-state index in [9.17, 15) is 14.7 Å². The van der Waals surface area contributed by atoms with Crippen LogP contribution in [0.5, 0.6) is 0 Å². The van der Waals surface area contributed by atoms with Crippen molar-refractivity contribution >= 4 is 61.9 Å². The molecule has 2 fully saturated rings. The topological polar surface area (TPSA) is 142 Å². The number of fused-ring (bicyclic) bond motifs is 4. The minimum atomic E-state index is -1.31. The summed E-state index contributed by atoms with van der Waals surface area (Å²) in [6, 6.07) is 3.12.